The van der Waals surface area contributed by atoms with Gasteiger partial charge in [-0.05, 0) is 13.8 Å². The third-order valence-corrected chi connectivity index (χ3v) is 2.85. The number of hydrogen-bond acceptors (Lipinski definition) is 6. The van der Waals surface area contributed by atoms with Crippen LogP contribution in [0.3, 0.4) is 0 Å². The van der Waals surface area contributed by atoms with Gasteiger partial charge < -0.3 is 5.73 Å². The Balaban J connectivity index is 2.01. The van der Waals surface area contributed by atoms with Crippen LogP contribution in [0.5, 0.6) is 0 Å². The fourth-order valence-corrected chi connectivity index (χ4v) is 2.06. The molecule has 0 saturated carbocycles. The van der Waals surface area contributed by atoms with E-state index >= 15 is 0 Å². The number of nitrogens with two attached hydrogens (primary N) is 1. The monoisotopic (exact) mass is 258 g/mol. The van der Waals surface area contributed by atoms with Crippen LogP contribution in [0.2, 0.25) is 0 Å². The predicted molar refractivity (Wildman–Crippen MR) is 67.3 cm³/mol. The molecule has 0 fully saturated rings. The van der Waals surface area contributed by atoms with Crippen molar-refractivity contribution >= 4 is 5.65 Å². The molecule has 3 rings (SSSR count). The summed E-state index contributed by atoms with van der Waals surface area (Å²) in [5.41, 5.74) is 7.98. The molecule has 0 unspecified atom stereocenters. The summed E-state index contributed by atoms with van der Waals surface area (Å²) in [5, 5.41) is 16.3. The molecule has 19 heavy (non-hydrogen) atoms. The molecule has 3 aromatic heterocycles. The molecule has 8 nitrogen and oxygen atoms in total. The van der Waals surface area contributed by atoms with Crippen molar-refractivity contribution in [2.45, 2.75) is 26.9 Å². The normalized spacial score (nSPS) is 11.3. The van der Waals surface area contributed by atoms with Gasteiger partial charge in [0.2, 0.25) is 0 Å². The first-order valence-electron chi connectivity index (χ1n) is 5.94. The maximum atomic E-state index is 5.51. The first-order chi connectivity index (χ1) is 9.17. The number of rotatable bonds is 3. The summed E-state index contributed by atoms with van der Waals surface area (Å²) in [7, 11) is 0. The van der Waals surface area contributed by atoms with E-state index in [1.165, 1.54) is 0 Å². The lowest BCUT2D eigenvalue weighted by Gasteiger charge is -2.03. The first kappa shape index (κ1) is 11.7. The summed E-state index contributed by atoms with van der Waals surface area (Å²) in [6, 6.07) is 1.90. The van der Waals surface area contributed by atoms with Gasteiger partial charge in [-0.15, -0.1) is 15.3 Å². The Bertz CT molecular complexity index is 725. The second-order valence-electron chi connectivity index (χ2n) is 4.37. The van der Waals surface area contributed by atoms with E-state index in [4.69, 9.17) is 5.73 Å². The van der Waals surface area contributed by atoms with E-state index in [1.807, 2.05) is 24.3 Å². The van der Waals surface area contributed by atoms with Crippen molar-refractivity contribution in [1.82, 2.24) is 34.6 Å². The van der Waals surface area contributed by atoms with Crippen LogP contribution in [0.1, 0.15) is 23.0 Å². The summed E-state index contributed by atoms with van der Waals surface area (Å²) in [6.07, 6.45) is 1.80. The van der Waals surface area contributed by atoms with E-state index in [1.54, 1.807) is 10.9 Å². The minimum absolute atomic E-state index is 0.375. The standard InChI is InChI=1S/C11H14N8/c1-7-3-10-15-16-11(19(10)8(2)13-7)6-18-5-9(4-12)14-17-18/h3,5H,4,6,12H2,1-2H3. The number of hydrogen-bond donors (Lipinski definition) is 1. The van der Waals surface area contributed by atoms with Crippen molar-refractivity contribution in [1.29, 1.82) is 0 Å². The van der Waals surface area contributed by atoms with Gasteiger partial charge in [0.1, 0.15) is 12.4 Å². The smallest absolute Gasteiger partial charge is 0.164 e. The number of aryl methyl sites for hydroxylation is 2. The van der Waals surface area contributed by atoms with Gasteiger partial charge in [-0.1, -0.05) is 5.21 Å². The second kappa shape index (κ2) is 4.39. The maximum Gasteiger partial charge on any atom is 0.164 e. The van der Waals surface area contributed by atoms with Crippen LogP contribution in [-0.4, -0.2) is 34.6 Å². The third kappa shape index (κ3) is 2.06. The molecule has 8 heteroatoms. The van der Waals surface area contributed by atoms with Crippen molar-refractivity contribution in [3.8, 4) is 0 Å². The SMILES string of the molecule is Cc1cc2nnc(Cn3cc(CN)nn3)n2c(C)n1. The Hall–Kier alpha value is -2.35. The van der Waals surface area contributed by atoms with Crippen LogP contribution >= 0.6 is 0 Å². The largest absolute Gasteiger partial charge is 0.325 e. The summed E-state index contributed by atoms with van der Waals surface area (Å²) in [6.45, 7) is 4.73. The molecule has 0 saturated heterocycles. The average molecular weight is 258 g/mol. The minimum atomic E-state index is 0.375. The Kier molecular flexibility index (Phi) is 2.71. The van der Waals surface area contributed by atoms with Crippen molar-refractivity contribution in [2.24, 2.45) is 5.73 Å². The molecule has 0 amide bonds. The molecule has 0 spiro atoms. The molecular weight excluding hydrogens is 244 g/mol. The highest BCUT2D eigenvalue weighted by molar-refractivity contribution is 5.39. The van der Waals surface area contributed by atoms with Crippen LogP contribution in [0.4, 0.5) is 0 Å². The van der Waals surface area contributed by atoms with Gasteiger partial charge in [0, 0.05) is 18.3 Å². The van der Waals surface area contributed by atoms with Crippen LogP contribution in [0, 0.1) is 13.8 Å². The number of aromatic nitrogens is 7. The Morgan fingerprint density at radius 3 is 2.79 bits per heavy atom. The lowest BCUT2D eigenvalue weighted by molar-refractivity contribution is 0.616. The van der Waals surface area contributed by atoms with Gasteiger partial charge in [0.15, 0.2) is 11.5 Å². The van der Waals surface area contributed by atoms with Crippen molar-refractivity contribution in [3.05, 3.63) is 35.3 Å². The topological polar surface area (TPSA) is 99.8 Å². The zero-order valence-corrected chi connectivity index (χ0v) is 10.8. The Morgan fingerprint density at radius 1 is 1.21 bits per heavy atom. The van der Waals surface area contributed by atoms with E-state index in [9.17, 15) is 0 Å². The molecule has 0 aliphatic rings. The third-order valence-electron chi connectivity index (χ3n) is 2.85. The van der Waals surface area contributed by atoms with Gasteiger partial charge in [-0.25, -0.2) is 9.67 Å². The van der Waals surface area contributed by atoms with Crippen LogP contribution < -0.4 is 5.73 Å². The molecule has 0 bridgehead atoms. The van der Waals surface area contributed by atoms with Crippen molar-refractivity contribution in [2.75, 3.05) is 0 Å². The molecule has 0 aliphatic carbocycles. The van der Waals surface area contributed by atoms with Gasteiger partial charge in [-0.2, -0.15) is 0 Å². The quantitative estimate of drug-likeness (QED) is 0.700. The van der Waals surface area contributed by atoms with Gasteiger partial charge in [-0.3, -0.25) is 4.40 Å². The van der Waals surface area contributed by atoms with Crippen molar-refractivity contribution < 1.29 is 0 Å². The fraction of sp³-hybridized carbons (Fsp3) is 0.364. The van der Waals surface area contributed by atoms with E-state index in [2.05, 4.69) is 25.5 Å². The number of nitrogens with zero attached hydrogens (tertiary/aromatic N) is 7. The molecular formula is C11H14N8. The van der Waals surface area contributed by atoms with Gasteiger partial charge in [0.25, 0.3) is 0 Å². The van der Waals surface area contributed by atoms with Crippen molar-refractivity contribution in [3.63, 3.8) is 0 Å². The molecule has 0 aliphatic heterocycles. The Labute approximate surface area is 109 Å². The average Bonchev–Trinajstić information content (AvgIpc) is 2.97. The predicted octanol–water partition coefficient (Wildman–Crippen LogP) is -0.160. The molecule has 0 radical (unpaired) electrons. The highest BCUT2D eigenvalue weighted by Crippen LogP contribution is 2.09. The summed E-state index contributed by atoms with van der Waals surface area (Å²) in [4.78, 5) is 4.42. The zero-order valence-electron chi connectivity index (χ0n) is 10.8. The van der Waals surface area contributed by atoms with E-state index in [-0.39, 0.29) is 0 Å². The van der Waals surface area contributed by atoms with E-state index in [0.717, 1.165) is 28.7 Å². The fourth-order valence-electron chi connectivity index (χ4n) is 2.06. The summed E-state index contributed by atoms with van der Waals surface area (Å²) >= 11 is 0. The minimum Gasteiger partial charge on any atom is -0.325 e. The van der Waals surface area contributed by atoms with Gasteiger partial charge >= 0.3 is 0 Å². The molecule has 3 heterocycles. The van der Waals surface area contributed by atoms with E-state index < -0.39 is 0 Å². The van der Waals surface area contributed by atoms with Crippen LogP contribution in [-0.2, 0) is 13.1 Å². The molecule has 0 aromatic carbocycles. The number of fused-ring (bicyclic) bond motifs is 1. The van der Waals surface area contributed by atoms with Crippen LogP contribution in [0.25, 0.3) is 5.65 Å². The summed E-state index contributed by atoms with van der Waals surface area (Å²) < 4.78 is 3.61. The molecule has 2 N–H and O–H groups in total. The molecule has 3 aromatic rings. The highest BCUT2D eigenvalue weighted by Gasteiger charge is 2.10. The second-order valence-corrected chi connectivity index (χ2v) is 4.37. The van der Waals surface area contributed by atoms with Gasteiger partial charge in [0.05, 0.1) is 11.9 Å². The highest BCUT2D eigenvalue weighted by atomic mass is 15.4. The maximum absolute atomic E-state index is 5.51. The lowest BCUT2D eigenvalue weighted by atomic mass is 10.4. The molecule has 0 atom stereocenters. The lowest BCUT2D eigenvalue weighted by Crippen LogP contribution is -2.08. The van der Waals surface area contributed by atoms with Crippen LogP contribution in [0.15, 0.2) is 12.3 Å². The Morgan fingerprint density at radius 2 is 2.05 bits per heavy atom. The summed E-state index contributed by atoms with van der Waals surface area (Å²) in [5.74, 6) is 1.63. The van der Waals surface area contributed by atoms with E-state index in [0.29, 0.717) is 13.1 Å². The first-order valence-corrected chi connectivity index (χ1v) is 5.94. The zero-order chi connectivity index (χ0) is 13.4. The molecule has 98 valence electrons.